The molecule has 30 heavy (non-hydrogen) atoms. The van der Waals surface area contributed by atoms with Gasteiger partial charge in [0.2, 0.25) is 5.91 Å². The zero-order chi connectivity index (χ0) is 21.3. The highest BCUT2D eigenvalue weighted by Crippen LogP contribution is 2.26. The van der Waals surface area contributed by atoms with E-state index in [1.54, 1.807) is 5.38 Å². The quantitative estimate of drug-likeness (QED) is 0.564. The summed E-state index contributed by atoms with van der Waals surface area (Å²) in [4.78, 5) is 29.9. The molecule has 154 valence electrons. The molecule has 1 aromatic heterocycles. The van der Waals surface area contributed by atoms with Gasteiger partial charge < -0.3 is 5.32 Å². The van der Waals surface area contributed by atoms with Gasteiger partial charge >= 0.3 is 0 Å². The molecule has 0 radical (unpaired) electrons. The first-order valence-electron chi connectivity index (χ1n) is 8.75. The van der Waals surface area contributed by atoms with Gasteiger partial charge in [-0.15, -0.1) is 11.3 Å². The molecular weight excluding hydrogens is 431 g/mol. The first kappa shape index (κ1) is 20.0. The number of imide groups is 1. The van der Waals surface area contributed by atoms with Crippen LogP contribution in [0.1, 0.15) is 6.42 Å². The molecule has 2 amide bonds. The van der Waals surface area contributed by atoms with E-state index in [2.05, 4.69) is 15.0 Å². The van der Waals surface area contributed by atoms with Gasteiger partial charge in [-0.25, -0.2) is 22.7 Å². The van der Waals surface area contributed by atoms with Crippen molar-refractivity contribution in [2.75, 3.05) is 14.9 Å². The first-order chi connectivity index (χ1) is 14.3. The molecule has 8 nitrogen and oxygen atoms in total. The van der Waals surface area contributed by atoms with Crippen LogP contribution < -0.4 is 14.9 Å². The molecule has 1 aliphatic rings. The monoisotopic (exact) mass is 446 g/mol. The maximum atomic E-state index is 13.1. The SMILES string of the molecule is O=C1C[C@H](Nc2ccc(S(=O)(=O)Nc3nccs3)cc2)C(=O)N1c1ccc(F)cc1. The minimum atomic E-state index is -3.78. The van der Waals surface area contributed by atoms with E-state index in [1.165, 1.54) is 54.7 Å². The number of nitrogens with zero attached hydrogens (tertiary/aromatic N) is 2. The fraction of sp³-hybridized carbons (Fsp3) is 0.105. The summed E-state index contributed by atoms with van der Waals surface area (Å²) in [6.45, 7) is 0. The van der Waals surface area contributed by atoms with Crippen molar-refractivity contribution < 1.29 is 22.4 Å². The Kier molecular flexibility index (Phi) is 5.22. The third kappa shape index (κ3) is 4.02. The molecule has 1 aliphatic heterocycles. The van der Waals surface area contributed by atoms with Crippen molar-refractivity contribution in [2.45, 2.75) is 17.4 Å². The summed E-state index contributed by atoms with van der Waals surface area (Å²) in [6.07, 6.45) is 1.42. The lowest BCUT2D eigenvalue weighted by Gasteiger charge is -2.16. The lowest BCUT2D eigenvalue weighted by Crippen LogP contribution is -2.34. The van der Waals surface area contributed by atoms with Crippen LogP contribution in [0.15, 0.2) is 65.0 Å². The molecular formula is C19H15FN4O4S2. The molecule has 2 N–H and O–H groups in total. The zero-order valence-electron chi connectivity index (χ0n) is 15.3. The average Bonchev–Trinajstić information content (AvgIpc) is 3.31. The Morgan fingerprint density at radius 2 is 1.77 bits per heavy atom. The lowest BCUT2D eigenvalue weighted by atomic mass is 10.2. The number of benzene rings is 2. The highest BCUT2D eigenvalue weighted by atomic mass is 32.2. The minimum Gasteiger partial charge on any atom is -0.373 e. The van der Waals surface area contributed by atoms with E-state index in [0.29, 0.717) is 11.4 Å². The van der Waals surface area contributed by atoms with Gasteiger partial charge in [0.05, 0.1) is 17.0 Å². The summed E-state index contributed by atoms with van der Waals surface area (Å²) in [5.41, 5.74) is 0.778. The number of thiazole rings is 1. The molecule has 2 aromatic carbocycles. The van der Waals surface area contributed by atoms with Crippen LogP contribution in [-0.2, 0) is 19.6 Å². The van der Waals surface area contributed by atoms with Gasteiger partial charge in [0.25, 0.3) is 15.9 Å². The summed E-state index contributed by atoms with van der Waals surface area (Å²) >= 11 is 1.16. The smallest absolute Gasteiger partial charge is 0.263 e. The lowest BCUT2D eigenvalue weighted by molar-refractivity contribution is -0.121. The fourth-order valence-corrected chi connectivity index (χ4v) is 4.77. The normalized spacial score (nSPS) is 16.7. The summed E-state index contributed by atoms with van der Waals surface area (Å²) in [7, 11) is -3.78. The average molecular weight is 446 g/mol. The molecule has 4 rings (SSSR count). The van der Waals surface area contributed by atoms with Gasteiger partial charge in [-0.3, -0.25) is 14.3 Å². The Bertz CT molecular complexity index is 1180. The number of carbonyl (C=O) groups is 2. The van der Waals surface area contributed by atoms with Crippen molar-refractivity contribution in [1.29, 1.82) is 0 Å². The molecule has 0 bridgehead atoms. The van der Waals surface area contributed by atoms with E-state index in [4.69, 9.17) is 0 Å². The second kappa shape index (κ2) is 7.84. The predicted octanol–water partition coefficient (Wildman–Crippen LogP) is 2.83. The van der Waals surface area contributed by atoms with E-state index in [0.717, 1.165) is 16.2 Å². The van der Waals surface area contributed by atoms with E-state index in [9.17, 15) is 22.4 Å². The molecule has 1 saturated heterocycles. The van der Waals surface area contributed by atoms with Crippen LogP contribution in [0.3, 0.4) is 0 Å². The van der Waals surface area contributed by atoms with Crippen LogP contribution in [0.4, 0.5) is 20.9 Å². The Balaban J connectivity index is 1.46. The maximum Gasteiger partial charge on any atom is 0.263 e. The van der Waals surface area contributed by atoms with Crippen molar-refractivity contribution in [3.63, 3.8) is 0 Å². The largest absolute Gasteiger partial charge is 0.373 e. The number of anilines is 3. The predicted molar refractivity (Wildman–Crippen MR) is 110 cm³/mol. The Morgan fingerprint density at radius 1 is 1.07 bits per heavy atom. The molecule has 0 unspecified atom stereocenters. The van der Waals surface area contributed by atoms with Gasteiger partial charge in [0, 0.05) is 17.3 Å². The summed E-state index contributed by atoms with van der Waals surface area (Å²) in [5.74, 6) is -1.34. The number of aromatic nitrogens is 1. The zero-order valence-corrected chi connectivity index (χ0v) is 16.9. The van der Waals surface area contributed by atoms with Crippen molar-refractivity contribution in [1.82, 2.24) is 4.98 Å². The molecule has 0 aliphatic carbocycles. The molecule has 2 heterocycles. The third-order valence-electron chi connectivity index (χ3n) is 4.39. The maximum absolute atomic E-state index is 13.1. The number of amides is 2. The van der Waals surface area contributed by atoms with Crippen LogP contribution in [-0.4, -0.2) is 31.3 Å². The number of hydrogen-bond donors (Lipinski definition) is 2. The van der Waals surface area contributed by atoms with Gasteiger partial charge in [-0.1, -0.05) is 0 Å². The molecule has 1 fully saturated rings. The number of carbonyl (C=O) groups excluding carboxylic acids is 2. The Hall–Kier alpha value is -3.31. The van der Waals surface area contributed by atoms with Gasteiger partial charge in [-0.05, 0) is 48.5 Å². The number of nitrogens with one attached hydrogen (secondary N) is 2. The van der Waals surface area contributed by atoms with E-state index in [1.807, 2.05) is 0 Å². The summed E-state index contributed by atoms with van der Waals surface area (Å²) in [5, 5.41) is 4.86. The second-order valence-electron chi connectivity index (χ2n) is 6.41. The molecule has 1 atom stereocenters. The number of halogens is 1. The first-order valence-corrected chi connectivity index (χ1v) is 11.1. The van der Waals surface area contributed by atoms with Gasteiger partial charge in [0.15, 0.2) is 5.13 Å². The van der Waals surface area contributed by atoms with Crippen molar-refractivity contribution in [3.8, 4) is 0 Å². The van der Waals surface area contributed by atoms with E-state index in [-0.39, 0.29) is 16.4 Å². The van der Waals surface area contributed by atoms with Gasteiger partial charge in [0.1, 0.15) is 11.9 Å². The van der Waals surface area contributed by atoms with Crippen molar-refractivity contribution in [2.24, 2.45) is 0 Å². The fourth-order valence-electron chi connectivity index (χ4n) is 2.99. The van der Waals surface area contributed by atoms with Crippen LogP contribution in [0, 0.1) is 5.82 Å². The Labute approximate surface area is 175 Å². The second-order valence-corrected chi connectivity index (χ2v) is 8.99. The minimum absolute atomic E-state index is 0.0324. The van der Waals surface area contributed by atoms with Gasteiger partial charge in [-0.2, -0.15) is 0 Å². The Morgan fingerprint density at radius 3 is 2.40 bits per heavy atom. The summed E-state index contributed by atoms with van der Waals surface area (Å²) in [6, 6.07) is 10.1. The highest BCUT2D eigenvalue weighted by molar-refractivity contribution is 7.93. The topological polar surface area (TPSA) is 108 Å². The molecule has 3 aromatic rings. The summed E-state index contributed by atoms with van der Waals surface area (Å²) < 4.78 is 40.2. The van der Waals surface area contributed by atoms with Crippen LogP contribution in [0.2, 0.25) is 0 Å². The van der Waals surface area contributed by atoms with Crippen LogP contribution >= 0.6 is 11.3 Å². The molecule has 0 saturated carbocycles. The van der Waals surface area contributed by atoms with Crippen LogP contribution in [0.5, 0.6) is 0 Å². The third-order valence-corrected chi connectivity index (χ3v) is 6.56. The van der Waals surface area contributed by atoms with E-state index < -0.39 is 33.7 Å². The molecule has 11 heteroatoms. The highest BCUT2D eigenvalue weighted by Gasteiger charge is 2.39. The van der Waals surface area contributed by atoms with Crippen LogP contribution in [0.25, 0.3) is 0 Å². The standard InChI is InChI=1S/C19H15FN4O4S2/c20-12-1-5-14(6-2-12)24-17(25)11-16(18(24)26)22-13-3-7-15(8-4-13)30(27,28)23-19-21-9-10-29-19/h1-10,16,22H,11H2,(H,21,23)/t16-/m0/s1. The van der Waals surface area contributed by atoms with Crippen molar-refractivity contribution in [3.05, 3.63) is 65.9 Å². The number of hydrogen-bond acceptors (Lipinski definition) is 7. The van der Waals surface area contributed by atoms with Crippen molar-refractivity contribution >= 4 is 49.7 Å². The van der Waals surface area contributed by atoms with E-state index >= 15 is 0 Å². The molecule has 0 spiro atoms. The number of rotatable bonds is 6. The number of sulfonamides is 1.